The van der Waals surface area contributed by atoms with Gasteiger partial charge in [0.25, 0.3) is 11.8 Å². The highest BCUT2D eigenvalue weighted by Crippen LogP contribution is 2.14. The van der Waals surface area contributed by atoms with E-state index in [1.54, 1.807) is 36.4 Å². The number of rotatable bonds is 5. The summed E-state index contributed by atoms with van der Waals surface area (Å²) in [6.07, 6.45) is 1.42. The second-order valence-electron chi connectivity index (χ2n) is 4.55. The predicted octanol–water partition coefficient (Wildman–Crippen LogP) is 1.93. The van der Waals surface area contributed by atoms with Crippen LogP contribution in [-0.2, 0) is 4.79 Å². The Morgan fingerprint density at radius 1 is 1.13 bits per heavy atom. The molecule has 0 saturated carbocycles. The number of amides is 2. The molecule has 0 aliphatic heterocycles. The van der Waals surface area contributed by atoms with Gasteiger partial charge in [-0.15, -0.1) is 0 Å². The summed E-state index contributed by atoms with van der Waals surface area (Å²) in [6, 6.07) is 12.9. The van der Waals surface area contributed by atoms with Crippen LogP contribution >= 0.6 is 11.6 Å². The van der Waals surface area contributed by atoms with E-state index in [9.17, 15) is 9.59 Å². The van der Waals surface area contributed by atoms with Gasteiger partial charge in [-0.2, -0.15) is 5.10 Å². The van der Waals surface area contributed by atoms with E-state index in [4.69, 9.17) is 16.7 Å². The van der Waals surface area contributed by atoms with Crippen molar-refractivity contribution in [2.45, 2.75) is 0 Å². The Labute approximate surface area is 137 Å². The summed E-state index contributed by atoms with van der Waals surface area (Å²) >= 11 is 5.89. The molecule has 2 aromatic carbocycles. The molecular formula is C16H14ClN3O3. The van der Waals surface area contributed by atoms with Gasteiger partial charge < -0.3 is 10.4 Å². The molecule has 2 aromatic rings. The van der Waals surface area contributed by atoms with Crippen molar-refractivity contribution in [3.8, 4) is 5.75 Å². The first-order valence-corrected chi connectivity index (χ1v) is 7.08. The zero-order chi connectivity index (χ0) is 16.7. The molecule has 0 aliphatic carbocycles. The molecule has 0 aliphatic rings. The first-order valence-electron chi connectivity index (χ1n) is 6.70. The van der Waals surface area contributed by atoms with Crippen LogP contribution in [0.15, 0.2) is 53.6 Å². The molecule has 0 radical (unpaired) electrons. The molecule has 0 atom stereocenters. The minimum Gasteiger partial charge on any atom is -0.508 e. The maximum absolute atomic E-state index is 11.9. The quantitative estimate of drug-likeness (QED) is 0.577. The molecule has 3 N–H and O–H groups in total. The average molecular weight is 332 g/mol. The summed E-state index contributed by atoms with van der Waals surface area (Å²) < 4.78 is 0. The fraction of sp³-hybridized carbons (Fsp3) is 0.0625. The van der Waals surface area contributed by atoms with Gasteiger partial charge in [-0.3, -0.25) is 9.59 Å². The van der Waals surface area contributed by atoms with Gasteiger partial charge in [0.1, 0.15) is 5.75 Å². The lowest BCUT2D eigenvalue weighted by Gasteiger charge is -2.05. The van der Waals surface area contributed by atoms with Gasteiger partial charge >= 0.3 is 0 Å². The zero-order valence-electron chi connectivity index (χ0n) is 12.0. The number of hydrogen-bond acceptors (Lipinski definition) is 4. The predicted molar refractivity (Wildman–Crippen MR) is 87.6 cm³/mol. The van der Waals surface area contributed by atoms with Crippen LogP contribution in [0.2, 0.25) is 5.02 Å². The van der Waals surface area contributed by atoms with Gasteiger partial charge in [0.2, 0.25) is 0 Å². The molecule has 7 heteroatoms. The number of phenolic OH excluding ortho intramolecular Hbond substituents is 1. The van der Waals surface area contributed by atoms with Crippen molar-refractivity contribution in [1.82, 2.24) is 10.7 Å². The molecular weight excluding hydrogens is 318 g/mol. The number of aromatic hydroxyl groups is 1. The minimum atomic E-state index is -0.472. The molecule has 6 nitrogen and oxygen atoms in total. The number of halogens is 1. The smallest absolute Gasteiger partial charge is 0.259 e. The highest BCUT2D eigenvalue weighted by Gasteiger charge is 2.10. The molecule has 0 unspecified atom stereocenters. The number of nitrogens with zero attached hydrogens (tertiary/aromatic N) is 1. The molecule has 0 saturated heterocycles. The highest BCUT2D eigenvalue weighted by atomic mass is 35.5. The van der Waals surface area contributed by atoms with Gasteiger partial charge in [0, 0.05) is 0 Å². The number of carbonyl (C=O) groups excluding carboxylic acids is 2. The van der Waals surface area contributed by atoms with E-state index in [-0.39, 0.29) is 12.3 Å². The largest absolute Gasteiger partial charge is 0.508 e. The minimum absolute atomic E-state index is 0.147. The lowest BCUT2D eigenvalue weighted by molar-refractivity contribution is -0.120. The fourth-order valence-electron chi connectivity index (χ4n) is 1.68. The van der Waals surface area contributed by atoms with E-state index < -0.39 is 11.8 Å². The highest BCUT2D eigenvalue weighted by molar-refractivity contribution is 6.33. The van der Waals surface area contributed by atoms with Crippen molar-refractivity contribution in [2.75, 3.05) is 6.54 Å². The third-order valence-corrected chi connectivity index (χ3v) is 3.15. The van der Waals surface area contributed by atoms with Crippen LogP contribution in [0.1, 0.15) is 15.9 Å². The van der Waals surface area contributed by atoms with E-state index in [0.29, 0.717) is 16.1 Å². The van der Waals surface area contributed by atoms with Crippen LogP contribution in [0.3, 0.4) is 0 Å². The summed E-state index contributed by atoms with van der Waals surface area (Å²) in [7, 11) is 0. The van der Waals surface area contributed by atoms with E-state index in [2.05, 4.69) is 15.8 Å². The summed E-state index contributed by atoms with van der Waals surface area (Å²) in [5.41, 5.74) is 3.30. The van der Waals surface area contributed by atoms with Crippen LogP contribution in [0.25, 0.3) is 0 Å². The van der Waals surface area contributed by atoms with Crippen LogP contribution in [0.5, 0.6) is 5.75 Å². The second-order valence-corrected chi connectivity index (χ2v) is 4.95. The number of benzene rings is 2. The SMILES string of the molecule is O=C(CNC(=O)c1ccccc1Cl)N/N=C/c1ccc(O)cc1. The van der Waals surface area contributed by atoms with Crippen molar-refractivity contribution in [1.29, 1.82) is 0 Å². The first kappa shape index (κ1) is 16.5. The number of hydrazone groups is 1. The Kier molecular flexibility index (Phi) is 5.71. The molecule has 2 rings (SSSR count). The second kappa shape index (κ2) is 7.95. The lowest BCUT2D eigenvalue weighted by Crippen LogP contribution is -2.35. The standard InChI is InChI=1S/C16H14ClN3O3/c17-14-4-2-1-3-13(14)16(23)18-10-15(22)20-19-9-11-5-7-12(21)8-6-11/h1-9,21H,10H2,(H,18,23)(H,20,22)/b19-9+. The van der Waals surface area contributed by atoms with Gasteiger partial charge in [-0.05, 0) is 42.0 Å². The summed E-state index contributed by atoms with van der Waals surface area (Å²) in [5.74, 6) is -0.762. The third kappa shape index (κ3) is 5.12. The maximum Gasteiger partial charge on any atom is 0.259 e. The third-order valence-electron chi connectivity index (χ3n) is 2.82. The molecule has 0 heterocycles. The Hall–Kier alpha value is -2.86. The zero-order valence-corrected chi connectivity index (χ0v) is 12.7. The monoisotopic (exact) mass is 331 g/mol. The molecule has 0 fully saturated rings. The van der Waals surface area contributed by atoms with Gasteiger partial charge in [-0.1, -0.05) is 23.7 Å². The topological polar surface area (TPSA) is 90.8 Å². The van der Waals surface area contributed by atoms with Gasteiger partial charge in [-0.25, -0.2) is 5.43 Å². The summed E-state index contributed by atoms with van der Waals surface area (Å²) in [6.45, 7) is -0.225. The van der Waals surface area contributed by atoms with Crippen molar-refractivity contribution >= 4 is 29.6 Å². The number of phenols is 1. The van der Waals surface area contributed by atoms with Crippen molar-refractivity contribution < 1.29 is 14.7 Å². The van der Waals surface area contributed by atoms with Crippen LogP contribution in [0.4, 0.5) is 0 Å². The Balaban J connectivity index is 1.80. The Morgan fingerprint density at radius 2 is 1.83 bits per heavy atom. The number of carbonyl (C=O) groups is 2. The summed E-state index contributed by atoms with van der Waals surface area (Å²) in [4.78, 5) is 23.5. The van der Waals surface area contributed by atoms with Gasteiger partial charge in [0.05, 0.1) is 23.3 Å². The van der Waals surface area contributed by atoms with Crippen LogP contribution in [0, 0.1) is 0 Å². The van der Waals surface area contributed by atoms with E-state index >= 15 is 0 Å². The maximum atomic E-state index is 11.9. The molecule has 23 heavy (non-hydrogen) atoms. The molecule has 0 spiro atoms. The van der Waals surface area contributed by atoms with E-state index in [1.165, 1.54) is 18.3 Å². The van der Waals surface area contributed by atoms with E-state index in [0.717, 1.165) is 0 Å². The van der Waals surface area contributed by atoms with Gasteiger partial charge in [0.15, 0.2) is 0 Å². The first-order chi connectivity index (χ1) is 11.1. The summed E-state index contributed by atoms with van der Waals surface area (Å²) in [5, 5.41) is 15.7. The average Bonchev–Trinajstić information content (AvgIpc) is 2.55. The number of hydrogen-bond donors (Lipinski definition) is 3. The van der Waals surface area contributed by atoms with E-state index in [1.807, 2.05) is 0 Å². The fourth-order valence-corrected chi connectivity index (χ4v) is 1.90. The van der Waals surface area contributed by atoms with Crippen LogP contribution in [-0.4, -0.2) is 29.7 Å². The molecule has 0 aromatic heterocycles. The Morgan fingerprint density at radius 3 is 2.52 bits per heavy atom. The van der Waals surface area contributed by atoms with Crippen molar-refractivity contribution in [3.63, 3.8) is 0 Å². The Bertz CT molecular complexity index is 730. The van der Waals surface area contributed by atoms with Crippen molar-refractivity contribution in [2.24, 2.45) is 5.10 Å². The molecule has 0 bridgehead atoms. The van der Waals surface area contributed by atoms with Crippen LogP contribution < -0.4 is 10.7 Å². The number of nitrogens with one attached hydrogen (secondary N) is 2. The normalized spacial score (nSPS) is 10.5. The van der Waals surface area contributed by atoms with Crippen molar-refractivity contribution in [3.05, 3.63) is 64.7 Å². The lowest BCUT2D eigenvalue weighted by atomic mass is 10.2. The molecule has 2 amide bonds. The molecule has 118 valence electrons.